The number of likely N-dealkylation sites (tertiary alicyclic amines) is 1. The van der Waals surface area contributed by atoms with Crippen LogP contribution in [0.25, 0.3) is 55.8 Å². The van der Waals surface area contributed by atoms with Gasteiger partial charge in [0.1, 0.15) is 5.82 Å². The minimum atomic E-state index is 0.0654. The number of nitrogens with zero attached hydrogens (tertiary/aromatic N) is 5. The van der Waals surface area contributed by atoms with Crippen molar-refractivity contribution in [2.24, 2.45) is 0 Å². The zero-order valence-electron chi connectivity index (χ0n) is 25.1. The maximum atomic E-state index is 13.4. The molecule has 3 heterocycles. The lowest BCUT2D eigenvalue weighted by Gasteiger charge is -2.25. The first-order valence-electron chi connectivity index (χ1n) is 16.1. The van der Waals surface area contributed by atoms with Crippen molar-refractivity contribution in [3.63, 3.8) is 0 Å². The van der Waals surface area contributed by atoms with Gasteiger partial charge in [0.05, 0.1) is 34.0 Å². The Balaban J connectivity index is 1.21. The van der Waals surface area contributed by atoms with E-state index in [1.165, 1.54) is 37.6 Å². The lowest BCUT2D eigenvalue weighted by Crippen LogP contribution is -2.27. The fourth-order valence-electron chi connectivity index (χ4n) is 7.11. The Kier molecular flexibility index (Phi) is 7.30. The van der Waals surface area contributed by atoms with Crippen LogP contribution in [0.15, 0.2) is 91.1 Å². The normalized spacial score (nSPS) is 15.7. The molecular formula is C38H34ClN5O. The van der Waals surface area contributed by atoms with Crippen molar-refractivity contribution in [1.82, 2.24) is 24.4 Å². The molecule has 0 bridgehead atoms. The average Bonchev–Trinajstić information content (AvgIpc) is 3.77. The first-order chi connectivity index (χ1) is 22.1. The van der Waals surface area contributed by atoms with Crippen LogP contribution in [0.4, 0.5) is 0 Å². The highest BCUT2D eigenvalue weighted by molar-refractivity contribution is 6.30. The van der Waals surface area contributed by atoms with E-state index in [9.17, 15) is 4.79 Å². The predicted octanol–water partition coefficient (Wildman–Crippen LogP) is 9.38. The molecule has 4 aromatic carbocycles. The summed E-state index contributed by atoms with van der Waals surface area (Å²) >= 11 is 6.22. The van der Waals surface area contributed by atoms with E-state index in [2.05, 4.69) is 41.0 Å². The molecular weight excluding hydrogens is 578 g/mol. The van der Waals surface area contributed by atoms with Gasteiger partial charge >= 0.3 is 0 Å². The maximum Gasteiger partial charge on any atom is 0.253 e. The van der Waals surface area contributed by atoms with Gasteiger partial charge in [-0.1, -0.05) is 61.2 Å². The van der Waals surface area contributed by atoms with E-state index in [4.69, 9.17) is 26.6 Å². The Labute approximate surface area is 267 Å². The van der Waals surface area contributed by atoms with Gasteiger partial charge in [-0.3, -0.25) is 9.78 Å². The Morgan fingerprint density at radius 1 is 0.711 bits per heavy atom. The molecule has 1 saturated carbocycles. The molecule has 0 N–H and O–H groups in total. The molecule has 6 aromatic rings. The third-order valence-corrected chi connectivity index (χ3v) is 9.68. The molecule has 0 spiro atoms. The van der Waals surface area contributed by atoms with Crippen LogP contribution in [0.3, 0.4) is 0 Å². The zero-order valence-corrected chi connectivity index (χ0v) is 25.9. The molecule has 2 fully saturated rings. The molecule has 224 valence electrons. The van der Waals surface area contributed by atoms with Crippen LogP contribution in [-0.4, -0.2) is 43.4 Å². The topological polar surface area (TPSA) is 63.9 Å². The molecule has 7 heteroatoms. The average molecular weight is 612 g/mol. The molecule has 1 amide bonds. The number of carbonyl (C=O) groups excluding carboxylic acids is 1. The third-order valence-electron chi connectivity index (χ3n) is 9.43. The molecule has 0 atom stereocenters. The van der Waals surface area contributed by atoms with Crippen LogP contribution in [0.2, 0.25) is 5.02 Å². The number of amides is 1. The molecule has 1 aliphatic heterocycles. The van der Waals surface area contributed by atoms with Crippen molar-refractivity contribution in [3.05, 3.63) is 102 Å². The largest absolute Gasteiger partial charge is 0.339 e. The molecule has 8 rings (SSSR count). The standard InChI is InChI=1S/C38H34ClN5O/c39-28-16-12-25(13-17-28)30-18-14-27(38(45)43-20-6-7-21-43)22-31(30)35-24-40-34-23-26(15-19-32(34)41-35)37-42-33-10-4-5-11-36(33)44(37)29-8-2-1-3-9-29/h4-5,10-19,22-24,29H,1-3,6-9,20-21H2. The lowest BCUT2D eigenvalue weighted by molar-refractivity contribution is 0.0793. The van der Waals surface area contributed by atoms with Crippen LogP contribution >= 0.6 is 11.6 Å². The highest BCUT2D eigenvalue weighted by atomic mass is 35.5. The Hall–Kier alpha value is -4.55. The van der Waals surface area contributed by atoms with Gasteiger partial charge in [0.2, 0.25) is 0 Å². The summed E-state index contributed by atoms with van der Waals surface area (Å²) in [4.78, 5) is 30.4. The Morgan fingerprint density at radius 2 is 1.49 bits per heavy atom. The highest BCUT2D eigenvalue weighted by Gasteiger charge is 2.24. The van der Waals surface area contributed by atoms with Gasteiger partial charge in [0.25, 0.3) is 5.91 Å². The maximum absolute atomic E-state index is 13.4. The number of halogens is 1. The quantitative estimate of drug-likeness (QED) is 0.195. The van der Waals surface area contributed by atoms with E-state index in [1.54, 1.807) is 0 Å². The van der Waals surface area contributed by atoms with E-state index in [-0.39, 0.29) is 5.91 Å². The summed E-state index contributed by atoms with van der Waals surface area (Å²) < 4.78 is 2.46. The number of carbonyl (C=O) groups is 1. The number of hydrogen-bond donors (Lipinski definition) is 0. The number of para-hydroxylation sites is 2. The second-order valence-corrected chi connectivity index (χ2v) is 12.7. The van der Waals surface area contributed by atoms with E-state index < -0.39 is 0 Å². The molecule has 0 unspecified atom stereocenters. The molecule has 2 aliphatic rings. The van der Waals surface area contributed by atoms with Crippen molar-refractivity contribution in [3.8, 4) is 33.8 Å². The Bertz CT molecular complexity index is 2040. The zero-order chi connectivity index (χ0) is 30.3. The number of aromatic nitrogens is 4. The van der Waals surface area contributed by atoms with Crippen LogP contribution in [0.5, 0.6) is 0 Å². The summed E-state index contributed by atoms with van der Waals surface area (Å²) in [6.07, 6.45) is 10.1. The van der Waals surface area contributed by atoms with Crippen LogP contribution < -0.4 is 0 Å². The lowest BCUT2D eigenvalue weighted by atomic mass is 9.94. The van der Waals surface area contributed by atoms with Gasteiger partial charge in [0, 0.05) is 40.8 Å². The first-order valence-corrected chi connectivity index (χ1v) is 16.4. The highest BCUT2D eigenvalue weighted by Crippen LogP contribution is 2.37. The van der Waals surface area contributed by atoms with Crippen molar-refractivity contribution >= 4 is 39.6 Å². The molecule has 0 radical (unpaired) electrons. The van der Waals surface area contributed by atoms with Crippen molar-refractivity contribution < 1.29 is 4.79 Å². The van der Waals surface area contributed by atoms with Gasteiger partial charge in [0.15, 0.2) is 0 Å². The second kappa shape index (κ2) is 11.8. The van der Waals surface area contributed by atoms with Gasteiger partial charge in [-0.05, 0) is 91.4 Å². The van der Waals surface area contributed by atoms with Crippen LogP contribution in [0.1, 0.15) is 61.3 Å². The monoisotopic (exact) mass is 611 g/mol. The van der Waals surface area contributed by atoms with E-state index in [0.29, 0.717) is 16.6 Å². The van der Waals surface area contributed by atoms with Crippen molar-refractivity contribution in [2.75, 3.05) is 13.1 Å². The van der Waals surface area contributed by atoms with Crippen LogP contribution in [-0.2, 0) is 0 Å². The van der Waals surface area contributed by atoms with Crippen LogP contribution in [0, 0.1) is 0 Å². The number of hydrogen-bond acceptors (Lipinski definition) is 4. The minimum absolute atomic E-state index is 0.0654. The number of benzene rings is 4. The SMILES string of the molecule is O=C(c1ccc(-c2ccc(Cl)cc2)c(-c2cnc3cc(-c4nc5ccccc5n4C4CCCCC4)ccc3n2)c1)N1CCCC1. The fourth-order valence-corrected chi connectivity index (χ4v) is 7.24. The minimum Gasteiger partial charge on any atom is -0.339 e. The summed E-state index contributed by atoms with van der Waals surface area (Å²) in [5.41, 5.74) is 9.15. The first kappa shape index (κ1) is 28.0. The predicted molar refractivity (Wildman–Crippen MR) is 181 cm³/mol. The number of imidazole rings is 1. The smallest absolute Gasteiger partial charge is 0.253 e. The summed E-state index contributed by atoms with van der Waals surface area (Å²) in [5.74, 6) is 1.06. The summed E-state index contributed by atoms with van der Waals surface area (Å²) in [6.45, 7) is 1.61. The number of rotatable bonds is 5. The molecule has 6 nitrogen and oxygen atoms in total. The van der Waals surface area contributed by atoms with Gasteiger partial charge < -0.3 is 9.47 Å². The van der Waals surface area contributed by atoms with Crippen molar-refractivity contribution in [2.45, 2.75) is 51.0 Å². The molecule has 1 saturated heterocycles. The summed E-state index contributed by atoms with van der Waals surface area (Å²) in [7, 11) is 0. The third kappa shape index (κ3) is 5.27. The Morgan fingerprint density at radius 3 is 2.31 bits per heavy atom. The van der Waals surface area contributed by atoms with E-state index in [0.717, 1.165) is 76.3 Å². The van der Waals surface area contributed by atoms with E-state index in [1.807, 2.05) is 59.6 Å². The van der Waals surface area contributed by atoms with E-state index >= 15 is 0 Å². The fraction of sp³-hybridized carbons (Fsp3) is 0.263. The van der Waals surface area contributed by atoms with Crippen molar-refractivity contribution in [1.29, 1.82) is 0 Å². The second-order valence-electron chi connectivity index (χ2n) is 12.3. The van der Waals surface area contributed by atoms with Gasteiger partial charge in [-0.2, -0.15) is 0 Å². The summed E-state index contributed by atoms with van der Waals surface area (Å²) in [6, 6.07) is 28.9. The van der Waals surface area contributed by atoms with Gasteiger partial charge in [-0.15, -0.1) is 0 Å². The number of fused-ring (bicyclic) bond motifs is 2. The molecule has 2 aromatic heterocycles. The molecule has 1 aliphatic carbocycles. The summed E-state index contributed by atoms with van der Waals surface area (Å²) in [5, 5.41) is 0.680. The molecule has 45 heavy (non-hydrogen) atoms. The van der Waals surface area contributed by atoms with Gasteiger partial charge in [-0.25, -0.2) is 9.97 Å².